The minimum absolute atomic E-state index is 0.00494. The predicted octanol–water partition coefficient (Wildman–Crippen LogP) is 1.72. The van der Waals surface area contributed by atoms with Crippen LogP contribution in [0.2, 0.25) is 0 Å². The Balaban J connectivity index is 2.87. The number of carbonyl (C=O) groups excluding carboxylic acids is 1. The van der Waals surface area contributed by atoms with Crippen molar-refractivity contribution in [3.8, 4) is 0 Å². The Morgan fingerprint density at radius 2 is 2.11 bits per heavy atom. The van der Waals surface area contributed by atoms with Gasteiger partial charge in [0.2, 0.25) is 5.91 Å². The smallest absolute Gasteiger partial charge is 0.339 e. The molecule has 0 aliphatic rings. The number of hydrogen-bond acceptors (Lipinski definition) is 4. The third-order valence-corrected chi connectivity index (χ3v) is 3.23. The van der Waals surface area contributed by atoms with Crippen LogP contribution in [0.4, 0.5) is 10.1 Å². The van der Waals surface area contributed by atoms with E-state index in [4.69, 9.17) is 10.8 Å². The van der Waals surface area contributed by atoms with Crippen molar-refractivity contribution >= 4 is 29.3 Å². The Labute approximate surface area is 114 Å². The van der Waals surface area contributed by atoms with Crippen LogP contribution < -0.4 is 11.1 Å². The van der Waals surface area contributed by atoms with E-state index in [-0.39, 0.29) is 28.2 Å². The van der Waals surface area contributed by atoms with Gasteiger partial charge in [-0.15, -0.1) is 11.8 Å². The van der Waals surface area contributed by atoms with Crippen LogP contribution in [0, 0.1) is 5.82 Å². The molecular formula is C12H15FN2O3S. The van der Waals surface area contributed by atoms with Crippen LogP contribution in [0.15, 0.2) is 17.0 Å². The first kappa shape index (κ1) is 15.3. The fourth-order valence-corrected chi connectivity index (χ4v) is 2.30. The molecule has 1 aromatic carbocycles. The van der Waals surface area contributed by atoms with Crippen LogP contribution >= 0.6 is 11.8 Å². The Kier molecular flexibility index (Phi) is 5.17. The molecule has 0 radical (unpaired) electrons. The fraction of sp³-hybridized carbons (Fsp3) is 0.333. The van der Waals surface area contributed by atoms with Crippen molar-refractivity contribution < 1.29 is 19.1 Å². The van der Waals surface area contributed by atoms with Gasteiger partial charge in [0.1, 0.15) is 5.82 Å². The van der Waals surface area contributed by atoms with Gasteiger partial charge in [0.15, 0.2) is 0 Å². The van der Waals surface area contributed by atoms with Crippen molar-refractivity contribution in [3.05, 3.63) is 23.5 Å². The quantitative estimate of drug-likeness (QED) is 0.566. The number of carboxylic acids is 1. The van der Waals surface area contributed by atoms with Crippen LogP contribution in [-0.2, 0) is 4.79 Å². The number of aromatic carboxylic acids is 1. The van der Waals surface area contributed by atoms with Crippen molar-refractivity contribution in [2.75, 3.05) is 11.5 Å². The first-order valence-electron chi connectivity index (χ1n) is 5.56. The Bertz CT molecular complexity index is 506. The zero-order valence-electron chi connectivity index (χ0n) is 10.6. The lowest BCUT2D eigenvalue weighted by Crippen LogP contribution is -2.31. The molecule has 1 amide bonds. The molecule has 0 heterocycles. The zero-order chi connectivity index (χ0) is 14.6. The summed E-state index contributed by atoms with van der Waals surface area (Å²) in [5, 5.41) is 11.7. The summed E-state index contributed by atoms with van der Waals surface area (Å²) in [5.74, 6) is -2.28. The maximum Gasteiger partial charge on any atom is 0.339 e. The summed E-state index contributed by atoms with van der Waals surface area (Å²) in [6.07, 6.45) is 0. The van der Waals surface area contributed by atoms with E-state index in [9.17, 15) is 14.0 Å². The summed E-state index contributed by atoms with van der Waals surface area (Å²) in [5.41, 5.74) is 4.68. The highest BCUT2D eigenvalue weighted by Crippen LogP contribution is 2.29. The van der Waals surface area contributed by atoms with Gasteiger partial charge >= 0.3 is 5.97 Å². The predicted molar refractivity (Wildman–Crippen MR) is 71.8 cm³/mol. The average Bonchev–Trinajstić information content (AvgIpc) is 2.29. The lowest BCUT2D eigenvalue weighted by Gasteiger charge is -2.10. The third-order valence-electron chi connectivity index (χ3n) is 2.18. The number of nitrogens with one attached hydrogen (secondary N) is 1. The van der Waals surface area contributed by atoms with E-state index in [0.717, 1.165) is 17.8 Å². The summed E-state index contributed by atoms with van der Waals surface area (Å²) < 4.78 is 13.2. The van der Waals surface area contributed by atoms with Crippen LogP contribution in [0.3, 0.4) is 0 Å². The van der Waals surface area contributed by atoms with E-state index in [2.05, 4.69) is 5.32 Å². The highest BCUT2D eigenvalue weighted by Gasteiger charge is 2.18. The summed E-state index contributed by atoms with van der Waals surface area (Å²) >= 11 is 1.01. The van der Waals surface area contributed by atoms with E-state index in [1.165, 1.54) is 6.07 Å². The molecule has 5 nitrogen and oxygen atoms in total. The molecule has 19 heavy (non-hydrogen) atoms. The maximum absolute atomic E-state index is 13.2. The van der Waals surface area contributed by atoms with Gasteiger partial charge in [0, 0.05) is 10.9 Å². The number of anilines is 1. The van der Waals surface area contributed by atoms with E-state index in [0.29, 0.717) is 0 Å². The molecule has 0 aliphatic carbocycles. The van der Waals surface area contributed by atoms with Crippen molar-refractivity contribution in [1.82, 2.24) is 5.32 Å². The topological polar surface area (TPSA) is 92.4 Å². The third kappa shape index (κ3) is 4.13. The van der Waals surface area contributed by atoms with Crippen molar-refractivity contribution in [3.63, 3.8) is 0 Å². The number of rotatable bonds is 5. The number of nitrogens with two attached hydrogens (primary N) is 1. The van der Waals surface area contributed by atoms with Crippen LogP contribution in [-0.4, -0.2) is 28.8 Å². The molecule has 4 N–H and O–H groups in total. The molecule has 0 saturated carbocycles. The summed E-state index contributed by atoms with van der Waals surface area (Å²) in [7, 11) is 0. The summed E-state index contributed by atoms with van der Waals surface area (Å²) in [6.45, 7) is 3.64. The number of carbonyl (C=O) groups is 2. The number of amides is 1. The maximum atomic E-state index is 13.2. The fourth-order valence-electron chi connectivity index (χ4n) is 1.42. The summed E-state index contributed by atoms with van der Waals surface area (Å²) in [4.78, 5) is 22.8. The standard InChI is InChI=1S/C12H15FN2O3S/c1-6(2)15-9(16)5-19-8-4-3-7(13)11(14)10(8)12(17)18/h3-4,6H,5,14H2,1-2H3,(H,15,16)(H,17,18). The second-order valence-electron chi connectivity index (χ2n) is 4.15. The molecular weight excluding hydrogens is 271 g/mol. The van der Waals surface area contributed by atoms with Crippen molar-refractivity contribution in [2.45, 2.75) is 24.8 Å². The lowest BCUT2D eigenvalue weighted by molar-refractivity contribution is -0.119. The van der Waals surface area contributed by atoms with Gasteiger partial charge in [0.25, 0.3) is 0 Å². The molecule has 0 bridgehead atoms. The van der Waals surface area contributed by atoms with Gasteiger partial charge in [-0.25, -0.2) is 9.18 Å². The molecule has 0 aliphatic heterocycles. The first-order chi connectivity index (χ1) is 8.82. The number of halogens is 1. The Morgan fingerprint density at radius 1 is 1.47 bits per heavy atom. The van der Waals surface area contributed by atoms with Gasteiger partial charge in [-0.1, -0.05) is 0 Å². The number of carboxylic acid groups (broad SMARTS) is 1. The zero-order valence-corrected chi connectivity index (χ0v) is 11.4. The van der Waals surface area contributed by atoms with Gasteiger partial charge in [-0.2, -0.15) is 0 Å². The molecule has 1 rings (SSSR count). The summed E-state index contributed by atoms with van der Waals surface area (Å²) in [6, 6.07) is 2.40. The van der Waals surface area contributed by atoms with Crippen molar-refractivity contribution in [2.24, 2.45) is 0 Å². The molecule has 0 atom stereocenters. The first-order valence-corrected chi connectivity index (χ1v) is 6.55. The van der Waals surface area contributed by atoms with Crippen molar-refractivity contribution in [1.29, 1.82) is 0 Å². The average molecular weight is 286 g/mol. The number of benzene rings is 1. The molecule has 7 heteroatoms. The largest absolute Gasteiger partial charge is 0.478 e. The minimum atomic E-state index is -1.32. The van der Waals surface area contributed by atoms with Gasteiger partial charge in [-0.05, 0) is 26.0 Å². The van der Waals surface area contributed by atoms with Crippen LogP contribution in [0.5, 0.6) is 0 Å². The highest BCUT2D eigenvalue weighted by atomic mass is 32.2. The SMILES string of the molecule is CC(C)NC(=O)CSc1ccc(F)c(N)c1C(=O)O. The molecule has 104 valence electrons. The minimum Gasteiger partial charge on any atom is -0.478 e. The number of hydrogen-bond donors (Lipinski definition) is 3. The van der Waals surface area contributed by atoms with E-state index in [1.807, 2.05) is 13.8 Å². The lowest BCUT2D eigenvalue weighted by atomic mass is 10.2. The van der Waals surface area contributed by atoms with Gasteiger partial charge < -0.3 is 16.2 Å². The van der Waals surface area contributed by atoms with Gasteiger partial charge in [-0.3, -0.25) is 4.79 Å². The second-order valence-corrected chi connectivity index (χ2v) is 5.17. The number of nitrogen functional groups attached to an aromatic ring is 1. The number of thioether (sulfide) groups is 1. The highest BCUT2D eigenvalue weighted by molar-refractivity contribution is 8.00. The normalized spacial score (nSPS) is 10.5. The molecule has 0 saturated heterocycles. The van der Waals surface area contributed by atoms with Crippen LogP contribution in [0.25, 0.3) is 0 Å². The molecule has 0 fully saturated rings. The molecule has 0 unspecified atom stereocenters. The van der Waals surface area contributed by atoms with E-state index >= 15 is 0 Å². The molecule has 1 aromatic rings. The van der Waals surface area contributed by atoms with E-state index in [1.54, 1.807) is 0 Å². The second kappa shape index (κ2) is 6.42. The molecule has 0 spiro atoms. The molecule has 0 aromatic heterocycles. The monoisotopic (exact) mass is 286 g/mol. The van der Waals surface area contributed by atoms with Crippen LogP contribution in [0.1, 0.15) is 24.2 Å². The Hall–Kier alpha value is -1.76. The van der Waals surface area contributed by atoms with E-state index < -0.39 is 17.5 Å². The van der Waals surface area contributed by atoms with Gasteiger partial charge in [0.05, 0.1) is 17.0 Å². The Morgan fingerprint density at radius 3 is 2.63 bits per heavy atom.